The predicted octanol–water partition coefficient (Wildman–Crippen LogP) is 3.22. The Morgan fingerprint density at radius 3 is 2.56 bits per heavy atom. The van der Waals surface area contributed by atoms with Gasteiger partial charge in [0.25, 0.3) is 0 Å². The largest absolute Gasteiger partial charge is 0.433 e. The van der Waals surface area contributed by atoms with Crippen molar-refractivity contribution in [2.24, 2.45) is 0 Å². The Hall–Kier alpha value is -2.11. The molecule has 0 spiro atoms. The molecule has 94 valence electrons. The highest BCUT2D eigenvalue weighted by Crippen LogP contribution is 2.36. The first-order valence-electron chi connectivity index (χ1n) is 5.10. The molecular formula is C12H9F3N2O. The zero-order valence-corrected chi connectivity index (χ0v) is 9.38. The summed E-state index contributed by atoms with van der Waals surface area (Å²) in [5.74, 6) is 0. The normalized spacial score (nSPS) is 11.6. The molecule has 2 rings (SSSR count). The van der Waals surface area contributed by atoms with Crippen molar-refractivity contribution in [1.82, 2.24) is 10.2 Å². The Morgan fingerprint density at radius 1 is 1.28 bits per heavy atom. The highest BCUT2D eigenvalue weighted by Gasteiger charge is 2.36. The summed E-state index contributed by atoms with van der Waals surface area (Å²) in [4.78, 5) is 10.6. The van der Waals surface area contributed by atoms with E-state index in [0.717, 1.165) is 6.20 Å². The molecule has 0 aliphatic heterocycles. The van der Waals surface area contributed by atoms with E-state index in [2.05, 4.69) is 5.10 Å². The summed E-state index contributed by atoms with van der Waals surface area (Å²) in [7, 11) is 0. The summed E-state index contributed by atoms with van der Waals surface area (Å²) in [5, 5.41) is 5.39. The van der Waals surface area contributed by atoms with Gasteiger partial charge in [-0.1, -0.05) is 12.1 Å². The molecule has 0 radical (unpaired) electrons. The van der Waals surface area contributed by atoms with E-state index < -0.39 is 11.9 Å². The Balaban J connectivity index is 2.56. The summed E-state index contributed by atoms with van der Waals surface area (Å²) in [6, 6.07) is 4.50. The number of aryl methyl sites for hydroxylation is 1. The lowest BCUT2D eigenvalue weighted by molar-refractivity contribution is -0.140. The van der Waals surface area contributed by atoms with E-state index in [4.69, 9.17) is 0 Å². The molecule has 3 nitrogen and oxygen atoms in total. The van der Waals surface area contributed by atoms with Gasteiger partial charge in [0, 0.05) is 11.1 Å². The molecule has 1 aromatic heterocycles. The molecular weight excluding hydrogens is 245 g/mol. The number of rotatable bonds is 2. The summed E-state index contributed by atoms with van der Waals surface area (Å²) in [6.45, 7) is 1.65. The fourth-order valence-electron chi connectivity index (χ4n) is 1.77. The number of carbonyl (C=O) groups excluding carboxylic acids is 1. The van der Waals surface area contributed by atoms with E-state index in [9.17, 15) is 18.0 Å². The van der Waals surface area contributed by atoms with Crippen LogP contribution in [0, 0.1) is 6.92 Å². The molecule has 1 heterocycles. The van der Waals surface area contributed by atoms with Gasteiger partial charge in [0.2, 0.25) is 0 Å². The van der Waals surface area contributed by atoms with Crippen molar-refractivity contribution < 1.29 is 18.0 Å². The van der Waals surface area contributed by atoms with Crippen LogP contribution in [0.15, 0.2) is 24.4 Å². The van der Waals surface area contributed by atoms with Gasteiger partial charge >= 0.3 is 6.18 Å². The second-order valence-corrected chi connectivity index (χ2v) is 3.85. The van der Waals surface area contributed by atoms with Crippen LogP contribution in [0.3, 0.4) is 0 Å². The minimum atomic E-state index is -4.48. The van der Waals surface area contributed by atoms with Crippen LogP contribution in [-0.4, -0.2) is 16.5 Å². The molecule has 1 aromatic carbocycles. The van der Waals surface area contributed by atoms with Crippen LogP contribution >= 0.6 is 0 Å². The Kier molecular flexibility index (Phi) is 2.94. The predicted molar refractivity (Wildman–Crippen MR) is 59.2 cm³/mol. The molecule has 0 aliphatic carbocycles. The molecule has 6 heteroatoms. The third-order valence-electron chi connectivity index (χ3n) is 2.60. The first kappa shape index (κ1) is 12.3. The Labute approximate surface area is 101 Å². The number of hydrogen-bond acceptors (Lipinski definition) is 2. The number of nitrogens with zero attached hydrogens (tertiary/aromatic N) is 1. The van der Waals surface area contributed by atoms with Crippen molar-refractivity contribution in [3.63, 3.8) is 0 Å². The van der Waals surface area contributed by atoms with E-state index >= 15 is 0 Å². The number of aldehydes is 1. The van der Waals surface area contributed by atoms with E-state index in [1.165, 1.54) is 18.2 Å². The summed E-state index contributed by atoms with van der Waals surface area (Å²) >= 11 is 0. The zero-order valence-electron chi connectivity index (χ0n) is 9.38. The first-order valence-corrected chi connectivity index (χ1v) is 5.10. The summed E-state index contributed by atoms with van der Waals surface area (Å²) < 4.78 is 38.2. The molecule has 0 saturated heterocycles. The van der Waals surface area contributed by atoms with Crippen molar-refractivity contribution in [1.29, 1.82) is 0 Å². The number of halogens is 3. The quantitative estimate of drug-likeness (QED) is 0.836. The minimum absolute atomic E-state index is 0.0163. The number of benzene rings is 1. The van der Waals surface area contributed by atoms with Gasteiger partial charge in [0.15, 0.2) is 0 Å². The average Bonchev–Trinajstić information content (AvgIpc) is 2.77. The zero-order chi connectivity index (χ0) is 13.3. The summed E-state index contributed by atoms with van der Waals surface area (Å²) in [5.41, 5.74) is 0.517. The second-order valence-electron chi connectivity index (χ2n) is 3.85. The Morgan fingerprint density at radius 2 is 2.00 bits per heavy atom. The third kappa shape index (κ3) is 2.13. The number of hydrogen-bond donors (Lipinski definition) is 1. The maximum atomic E-state index is 12.7. The molecule has 1 N–H and O–H groups in total. The van der Waals surface area contributed by atoms with Crippen LogP contribution in [0.1, 0.15) is 21.6 Å². The molecule has 18 heavy (non-hydrogen) atoms. The SMILES string of the molecule is Cc1cc(C=O)ccc1-c1cn[nH]c1C(F)(F)F. The van der Waals surface area contributed by atoms with Crippen LogP contribution < -0.4 is 0 Å². The van der Waals surface area contributed by atoms with Crippen LogP contribution in [0.25, 0.3) is 11.1 Å². The molecule has 0 saturated carbocycles. The van der Waals surface area contributed by atoms with Crippen molar-refractivity contribution in [2.45, 2.75) is 13.1 Å². The maximum Gasteiger partial charge on any atom is 0.433 e. The van der Waals surface area contributed by atoms with Gasteiger partial charge in [0.1, 0.15) is 12.0 Å². The van der Waals surface area contributed by atoms with E-state index in [-0.39, 0.29) is 5.56 Å². The number of carbonyl (C=O) groups is 1. The lowest BCUT2D eigenvalue weighted by atomic mass is 9.99. The minimum Gasteiger partial charge on any atom is -0.298 e. The van der Waals surface area contributed by atoms with Crippen molar-refractivity contribution >= 4 is 6.29 Å². The van der Waals surface area contributed by atoms with E-state index in [1.807, 2.05) is 5.10 Å². The Bertz CT molecular complexity index is 587. The number of alkyl halides is 3. The lowest BCUT2D eigenvalue weighted by Gasteiger charge is -2.09. The highest BCUT2D eigenvalue weighted by molar-refractivity contribution is 5.79. The van der Waals surface area contributed by atoms with Crippen LogP contribution in [-0.2, 0) is 6.18 Å². The molecule has 2 aromatic rings. The second kappa shape index (κ2) is 4.29. The van der Waals surface area contributed by atoms with E-state index in [0.29, 0.717) is 23.0 Å². The standard InChI is InChI=1S/C12H9F3N2O/c1-7-4-8(6-18)2-3-9(7)10-5-16-17-11(10)12(13,14)15/h2-6H,1H3,(H,16,17). The molecule has 0 bridgehead atoms. The van der Waals surface area contributed by atoms with Gasteiger partial charge in [-0.05, 0) is 24.1 Å². The smallest absolute Gasteiger partial charge is 0.298 e. The van der Waals surface area contributed by atoms with Gasteiger partial charge < -0.3 is 0 Å². The molecule has 0 amide bonds. The maximum absolute atomic E-state index is 12.7. The average molecular weight is 254 g/mol. The van der Waals surface area contributed by atoms with Gasteiger partial charge in [-0.2, -0.15) is 18.3 Å². The van der Waals surface area contributed by atoms with E-state index in [1.54, 1.807) is 6.92 Å². The molecule has 0 fully saturated rings. The van der Waals surface area contributed by atoms with Crippen LogP contribution in [0.4, 0.5) is 13.2 Å². The first-order chi connectivity index (χ1) is 8.43. The summed E-state index contributed by atoms with van der Waals surface area (Å²) in [6.07, 6.45) is -2.70. The van der Waals surface area contributed by atoms with Gasteiger partial charge in [-0.25, -0.2) is 0 Å². The number of nitrogens with one attached hydrogen (secondary N) is 1. The van der Waals surface area contributed by atoms with Crippen molar-refractivity contribution in [2.75, 3.05) is 0 Å². The molecule has 0 aliphatic rings. The molecule has 0 unspecified atom stereocenters. The fraction of sp³-hybridized carbons (Fsp3) is 0.167. The van der Waals surface area contributed by atoms with Gasteiger partial charge in [0.05, 0.1) is 6.20 Å². The van der Waals surface area contributed by atoms with Gasteiger partial charge in [-0.3, -0.25) is 9.89 Å². The lowest BCUT2D eigenvalue weighted by Crippen LogP contribution is -2.07. The fourth-order valence-corrected chi connectivity index (χ4v) is 1.77. The van der Waals surface area contributed by atoms with Gasteiger partial charge in [-0.15, -0.1) is 0 Å². The number of H-pyrrole nitrogens is 1. The van der Waals surface area contributed by atoms with Crippen LogP contribution in [0.2, 0.25) is 0 Å². The van der Waals surface area contributed by atoms with Crippen molar-refractivity contribution in [3.05, 3.63) is 41.2 Å². The highest BCUT2D eigenvalue weighted by atomic mass is 19.4. The monoisotopic (exact) mass is 254 g/mol. The van der Waals surface area contributed by atoms with Crippen molar-refractivity contribution in [3.8, 4) is 11.1 Å². The number of aromatic amines is 1. The van der Waals surface area contributed by atoms with Crippen LogP contribution in [0.5, 0.6) is 0 Å². The topological polar surface area (TPSA) is 45.8 Å². The third-order valence-corrected chi connectivity index (χ3v) is 2.60. The molecule has 0 atom stereocenters. The number of aromatic nitrogens is 2.